The average molecular weight is 337 g/mol. The van der Waals surface area contributed by atoms with Gasteiger partial charge < -0.3 is 18.9 Å². The molecule has 1 heterocycles. The first-order valence-electron chi connectivity index (χ1n) is 6.55. The number of hydrogen-bond acceptors (Lipinski definition) is 8. The smallest absolute Gasteiger partial charge is 0.322 e. The Hall–Kier alpha value is -2.47. The summed E-state index contributed by atoms with van der Waals surface area (Å²) in [5, 5.41) is 0. The summed E-state index contributed by atoms with van der Waals surface area (Å²) in [5.41, 5.74) is 1.33. The van der Waals surface area contributed by atoms with Crippen LogP contribution < -0.4 is 18.9 Å². The molecule has 1 aromatic heterocycles. The van der Waals surface area contributed by atoms with Crippen molar-refractivity contribution in [2.24, 2.45) is 0 Å². The third kappa shape index (κ3) is 3.48. The van der Waals surface area contributed by atoms with Crippen LogP contribution in [0.2, 0.25) is 0 Å². The van der Waals surface area contributed by atoms with Crippen LogP contribution in [0.1, 0.15) is 5.56 Å². The number of methoxy groups -OCH3 is 4. The lowest BCUT2D eigenvalue weighted by molar-refractivity contribution is 0.339. The number of benzene rings is 1. The molecule has 122 valence electrons. The average Bonchev–Trinajstić information content (AvgIpc) is 2.60. The maximum absolute atomic E-state index is 10.9. The molecule has 0 atom stereocenters. The zero-order chi connectivity index (χ0) is 16.8. The minimum atomic E-state index is -0.0124. The van der Waals surface area contributed by atoms with Crippen LogP contribution in [0.3, 0.4) is 0 Å². The van der Waals surface area contributed by atoms with E-state index in [2.05, 4.69) is 15.0 Å². The fourth-order valence-corrected chi connectivity index (χ4v) is 2.43. The van der Waals surface area contributed by atoms with Crippen molar-refractivity contribution in [2.75, 3.05) is 28.4 Å². The fourth-order valence-electron chi connectivity index (χ4n) is 2.04. The Morgan fingerprint density at radius 1 is 0.870 bits per heavy atom. The summed E-state index contributed by atoms with van der Waals surface area (Å²) in [4.78, 5) is 12.4. The second kappa shape index (κ2) is 7.69. The van der Waals surface area contributed by atoms with Gasteiger partial charge in [0.2, 0.25) is 0 Å². The second-order valence-corrected chi connectivity index (χ2v) is 4.83. The number of rotatable bonds is 7. The summed E-state index contributed by atoms with van der Waals surface area (Å²) < 4.78 is 31.8. The van der Waals surface area contributed by atoms with Crippen molar-refractivity contribution in [1.82, 2.24) is 15.0 Å². The van der Waals surface area contributed by atoms with Gasteiger partial charge in [0.05, 0.1) is 40.2 Å². The SMILES string of the molecule is COc1nc(OC)nc(-c2ccc(CP=O)c(OC)c2OC)n1. The van der Waals surface area contributed by atoms with E-state index in [-0.39, 0.29) is 20.5 Å². The fraction of sp³-hybridized carbons (Fsp3) is 0.357. The van der Waals surface area contributed by atoms with Crippen LogP contribution in [0.15, 0.2) is 12.1 Å². The van der Waals surface area contributed by atoms with Gasteiger partial charge in [0.25, 0.3) is 0 Å². The van der Waals surface area contributed by atoms with Crippen molar-refractivity contribution in [2.45, 2.75) is 6.16 Å². The third-order valence-corrected chi connectivity index (χ3v) is 3.51. The number of ether oxygens (including phenoxy) is 4. The predicted octanol–water partition coefficient (Wildman–Crippen LogP) is 2.36. The maximum atomic E-state index is 10.9. The number of nitrogens with zero attached hydrogens (tertiary/aromatic N) is 3. The molecule has 0 aliphatic rings. The number of aromatic nitrogens is 3. The normalized spacial score (nSPS) is 10.4. The Balaban J connectivity index is 2.65. The summed E-state index contributed by atoms with van der Waals surface area (Å²) in [7, 11) is 5.91. The highest BCUT2D eigenvalue weighted by Crippen LogP contribution is 2.40. The van der Waals surface area contributed by atoms with Crippen molar-refractivity contribution < 1.29 is 23.5 Å². The van der Waals surface area contributed by atoms with Gasteiger partial charge in [-0.05, 0) is 6.07 Å². The van der Waals surface area contributed by atoms with E-state index in [9.17, 15) is 4.57 Å². The van der Waals surface area contributed by atoms with Crippen LogP contribution in [0.4, 0.5) is 0 Å². The van der Waals surface area contributed by atoms with Gasteiger partial charge in [-0.2, -0.15) is 9.97 Å². The molecule has 0 radical (unpaired) electrons. The van der Waals surface area contributed by atoms with Gasteiger partial charge in [-0.25, -0.2) is 0 Å². The van der Waals surface area contributed by atoms with Crippen LogP contribution in [-0.4, -0.2) is 43.4 Å². The molecule has 1 aromatic carbocycles. The molecule has 0 amide bonds. The van der Waals surface area contributed by atoms with E-state index in [0.717, 1.165) is 5.56 Å². The quantitative estimate of drug-likeness (QED) is 0.711. The zero-order valence-electron chi connectivity index (χ0n) is 13.2. The first-order valence-corrected chi connectivity index (χ1v) is 7.55. The molecule has 0 aliphatic heterocycles. The van der Waals surface area contributed by atoms with Gasteiger partial charge >= 0.3 is 12.0 Å². The molecule has 0 unspecified atom stereocenters. The summed E-state index contributed by atoms with van der Waals surface area (Å²) in [6, 6.07) is 3.78. The van der Waals surface area contributed by atoms with Gasteiger partial charge in [0, 0.05) is 5.56 Å². The summed E-state index contributed by atoms with van der Waals surface area (Å²) in [5.74, 6) is 1.23. The van der Waals surface area contributed by atoms with E-state index in [1.165, 1.54) is 28.4 Å². The van der Waals surface area contributed by atoms with E-state index in [4.69, 9.17) is 18.9 Å². The van der Waals surface area contributed by atoms with Crippen LogP contribution >= 0.6 is 8.46 Å². The molecule has 0 saturated carbocycles. The van der Waals surface area contributed by atoms with Crippen LogP contribution in [-0.2, 0) is 10.7 Å². The molecule has 9 heteroatoms. The topological polar surface area (TPSA) is 92.7 Å². The van der Waals surface area contributed by atoms with Crippen molar-refractivity contribution in [1.29, 1.82) is 0 Å². The Bertz CT molecular complexity index is 689. The summed E-state index contributed by atoms with van der Waals surface area (Å²) in [6.07, 6.45) is 0.309. The molecule has 0 aliphatic carbocycles. The second-order valence-electron chi connectivity index (χ2n) is 4.26. The standard InChI is InChI=1S/C14H16N3O5P/c1-19-10-8(7-23-18)5-6-9(11(10)20-2)12-15-13(21-3)17-14(16-12)22-4/h5-6H,7H2,1-4H3. The van der Waals surface area contributed by atoms with E-state index in [1.54, 1.807) is 12.1 Å². The molecular formula is C14H16N3O5P. The molecule has 2 rings (SSSR count). The molecule has 8 nitrogen and oxygen atoms in total. The first kappa shape index (κ1) is 16.9. The van der Waals surface area contributed by atoms with Crippen molar-refractivity contribution in [3.8, 4) is 34.9 Å². The molecular weight excluding hydrogens is 321 g/mol. The Labute approximate surface area is 135 Å². The van der Waals surface area contributed by atoms with E-state index < -0.39 is 0 Å². The highest BCUT2D eigenvalue weighted by atomic mass is 31.1. The Morgan fingerprint density at radius 3 is 1.96 bits per heavy atom. The molecule has 0 bridgehead atoms. The third-order valence-electron chi connectivity index (χ3n) is 3.04. The minimum Gasteiger partial charge on any atom is -0.493 e. The van der Waals surface area contributed by atoms with Crippen molar-refractivity contribution >= 4 is 8.46 Å². The van der Waals surface area contributed by atoms with Gasteiger partial charge in [-0.1, -0.05) is 6.07 Å². The van der Waals surface area contributed by atoms with Crippen LogP contribution in [0.25, 0.3) is 11.4 Å². The highest BCUT2D eigenvalue weighted by Gasteiger charge is 2.20. The first-order chi connectivity index (χ1) is 11.2. The predicted molar refractivity (Wildman–Crippen MR) is 82.8 cm³/mol. The van der Waals surface area contributed by atoms with Crippen molar-refractivity contribution in [3.63, 3.8) is 0 Å². The lowest BCUT2D eigenvalue weighted by Crippen LogP contribution is -2.03. The highest BCUT2D eigenvalue weighted by molar-refractivity contribution is 7.22. The van der Waals surface area contributed by atoms with E-state index in [1.807, 2.05) is 0 Å². The largest absolute Gasteiger partial charge is 0.493 e. The summed E-state index contributed by atoms with van der Waals surface area (Å²) >= 11 is 0. The van der Waals surface area contributed by atoms with Crippen LogP contribution in [0.5, 0.6) is 23.5 Å². The van der Waals surface area contributed by atoms with E-state index >= 15 is 0 Å². The van der Waals surface area contributed by atoms with Gasteiger partial charge in [0.15, 0.2) is 25.8 Å². The molecule has 0 fully saturated rings. The summed E-state index contributed by atoms with van der Waals surface area (Å²) in [6.45, 7) is 0. The lowest BCUT2D eigenvalue weighted by Gasteiger charge is -2.15. The van der Waals surface area contributed by atoms with Gasteiger partial charge in [0.1, 0.15) is 0 Å². The van der Waals surface area contributed by atoms with Gasteiger partial charge in [-0.15, -0.1) is 4.98 Å². The Morgan fingerprint density at radius 2 is 1.48 bits per heavy atom. The molecule has 0 N–H and O–H groups in total. The molecule has 23 heavy (non-hydrogen) atoms. The van der Waals surface area contributed by atoms with Gasteiger partial charge in [-0.3, -0.25) is 4.57 Å². The maximum Gasteiger partial charge on any atom is 0.322 e. The lowest BCUT2D eigenvalue weighted by atomic mass is 10.1. The van der Waals surface area contributed by atoms with E-state index in [0.29, 0.717) is 29.0 Å². The number of hydrogen-bond donors (Lipinski definition) is 0. The Kier molecular flexibility index (Phi) is 5.65. The zero-order valence-corrected chi connectivity index (χ0v) is 14.1. The van der Waals surface area contributed by atoms with Crippen molar-refractivity contribution in [3.05, 3.63) is 17.7 Å². The van der Waals surface area contributed by atoms with Crippen LogP contribution in [0, 0.1) is 0 Å². The minimum absolute atomic E-state index is 0.0124. The molecule has 2 aromatic rings. The monoisotopic (exact) mass is 337 g/mol. The molecule has 0 saturated heterocycles. The molecule has 0 spiro atoms.